The predicted molar refractivity (Wildman–Crippen MR) is 83.8 cm³/mol. The maximum atomic E-state index is 6.40. The van der Waals surface area contributed by atoms with E-state index in [2.05, 4.69) is 61.7 Å². The van der Waals surface area contributed by atoms with Gasteiger partial charge in [0.25, 0.3) is 0 Å². The summed E-state index contributed by atoms with van der Waals surface area (Å²) in [5.41, 5.74) is 12.5. The molecular formula is C17H25N3. The fraction of sp³-hybridized carbons (Fsp3) is 0.471. The van der Waals surface area contributed by atoms with E-state index in [9.17, 15) is 0 Å². The number of nitrogens with zero attached hydrogens (tertiary/aromatic N) is 2. The van der Waals surface area contributed by atoms with E-state index in [1.807, 2.05) is 0 Å². The molecule has 0 aliphatic carbocycles. The number of nitrogens with two attached hydrogens (primary N) is 1. The average molecular weight is 271 g/mol. The normalized spacial score (nSPS) is 12.7. The molecule has 2 aromatic rings. The first-order valence-corrected chi connectivity index (χ1v) is 7.42. The highest BCUT2D eigenvalue weighted by atomic mass is 15.3. The quantitative estimate of drug-likeness (QED) is 0.906. The van der Waals surface area contributed by atoms with Crippen LogP contribution in [0.25, 0.3) is 0 Å². The van der Waals surface area contributed by atoms with E-state index in [4.69, 9.17) is 5.73 Å². The fourth-order valence-corrected chi connectivity index (χ4v) is 2.69. The molecule has 0 saturated carbocycles. The number of rotatable bonds is 5. The van der Waals surface area contributed by atoms with E-state index in [1.165, 1.54) is 22.4 Å². The number of aromatic nitrogens is 2. The van der Waals surface area contributed by atoms with Crippen LogP contribution in [0.4, 0.5) is 0 Å². The van der Waals surface area contributed by atoms with Crippen LogP contribution in [-0.4, -0.2) is 9.78 Å². The summed E-state index contributed by atoms with van der Waals surface area (Å²) in [7, 11) is 0. The molecule has 3 nitrogen and oxygen atoms in total. The van der Waals surface area contributed by atoms with Crippen molar-refractivity contribution in [2.75, 3.05) is 0 Å². The van der Waals surface area contributed by atoms with Crippen LogP contribution in [0.15, 0.2) is 24.3 Å². The van der Waals surface area contributed by atoms with Crippen molar-refractivity contribution in [1.82, 2.24) is 9.78 Å². The molecule has 0 bridgehead atoms. The van der Waals surface area contributed by atoms with Gasteiger partial charge < -0.3 is 5.73 Å². The van der Waals surface area contributed by atoms with Gasteiger partial charge in [-0.25, -0.2) is 0 Å². The molecular weight excluding hydrogens is 246 g/mol. The zero-order chi connectivity index (χ0) is 14.7. The predicted octanol–water partition coefficient (Wildman–Crippen LogP) is 3.32. The van der Waals surface area contributed by atoms with Gasteiger partial charge in [-0.15, -0.1) is 0 Å². The molecule has 2 rings (SSSR count). The lowest BCUT2D eigenvalue weighted by Gasteiger charge is -2.14. The summed E-state index contributed by atoms with van der Waals surface area (Å²) in [5, 5.41) is 4.59. The first kappa shape index (κ1) is 14.8. The lowest BCUT2D eigenvalue weighted by atomic mass is 9.98. The van der Waals surface area contributed by atoms with Gasteiger partial charge in [-0.2, -0.15) is 5.10 Å². The molecule has 1 atom stereocenters. The first-order valence-electron chi connectivity index (χ1n) is 7.42. The monoisotopic (exact) mass is 271 g/mol. The van der Waals surface area contributed by atoms with Crippen molar-refractivity contribution in [2.45, 2.75) is 53.1 Å². The van der Waals surface area contributed by atoms with Crippen LogP contribution in [0.2, 0.25) is 0 Å². The Bertz CT molecular complexity index is 564. The zero-order valence-electron chi connectivity index (χ0n) is 13.0. The van der Waals surface area contributed by atoms with Crippen molar-refractivity contribution in [3.05, 3.63) is 52.3 Å². The molecule has 3 heteroatoms. The SMILES string of the molecule is CCc1cc(CC(N)c2cc(C)cc(C)c2)n(CC)n1. The van der Waals surface area contributed by atoms with Gasteiger partial charge in [0.05, 0.1) is 5.69 Å². The lowest BCUT2D eigenvalue weighted by Crippen LogP contribution is -2.16. The van der Waals surface area contributed by atoms with Crippen molar-refractivity contribution in [3.63, 3.8) is 0 Å². The van der Waals surface area contributed by atoms with Crippen LogP contribution in [-0.2, 0) is 19.4 Å². The summed E-state index contributed by atoms with van der Waals surface area (Å²) in [5.74, 6) is 0. The molecule has 1 heterocycles. The second-order valence-electron chi connectivity index (χ2n) is 5.53. The summed E-state index contributed by atoms with van der Waals surface area (Å²) in [4.78, 5) is 0. The standard InChI is InChI=1S/C17H25N3/c1-5-15-10-16(20(6-2)19-15)11-17(18)14-8-12(3)7-13(4)9-14/h7-10,17H,5-6,11,18H2,1-4H3. The van der Waals surface area contributed by atoms with Crippen molar-refractivity contribution in [2.24, 2.45) is 5.73 Å². The zero-order valence-corrected chi connectivity index (χ0v) is 13.0. The molecule has 0 saturated heterocycles. The molecule has 0 aliphatic heterocycles. The minimum Gasteiger partial charge on any atom is -0.324 e. The maximum absolute atomic E-state index is 6.40. The fourth-order valence-electron chi connectivity index (χ4n) is 2.69. The van der Waals surface area contributed by atoms with Gasteiger partial charge in [0.2, 0.25) is 0 Å². The molecule has 108 valence electrons. The third-order valence-corrected chi connectivity index (χ3v) is 3.68. The smallest absolute Gasteiger partial charge is 0.0624 e. The van der Waals surface area contributed by atoms with Gasteiger partial charge in [0.15, 0.2) is 0 Å². The van der Waals surface area contributed by atoms with Gasteiger partial charge in [-0.05, 0) is 38.8 Å². The Balaban J connectivity index is 2.22. The highest BCUT2D eigenvalue weighted by Gasteiger charge is 2.12. The van der Waals surface area contributed by atoms with Gasteiger partial charge in [0, 0.05) is 24.7 Å². The highest BCUT2D eigenvalue weighted by molar-refractivity contribution is 5.31. The Labute approximate surface area is 121 Å². The molecule has 1 aromatic carbocycles. The van der Waals surface area contributed by atoms with E-state index in [0.29, 0.717) is 0 Å². The molecule has 0 radical (unpaired) electrons. The van der Waals surface area contributed by atoms with Crippen molar-refractivity contribution < 1.29 is 0 Å². The highest BCUT2D eigenvalue weighted by Crippen LogP contribution is 2.20. The van der Waals surface area contributed by atoms with Crippen LogP contribution >= 0.6 is 0 Å². The van der Waals surface area contributed by atoms with Crippen molar-refractivity contribution in [1.29, 1.82) is 0 Å². The van der Waals surface area contributed by atoms with E-state index in [0.717, 1.165) is 25.1 Å². The Morgan fingerprint density at radius 3 is 2.30 bits per heavy atom. The molecule has 1 unspecified atom stereocenters. The topological polar surface area (TPSA) is 43.8 Å². The Hall–Kier alpha value is -1.61. The van der Waals surface area contributed by atoms with Crippen LogP contribution in [0.1, 0.15) is 48.0 Å². The number of hydrogen-bond acceptors (Lipinski definition) is 2. The lowest BCUT2D eigenvalue weighted by molar-refractivity contribution is 0.585. The van der Waals surface area contributed by atoms with Crippen LogP contribution < -0.4 is 5.73 Å². The largest absolute Gasteiger partial charge is 0.324 e. The molecule has 2 N–H and O–H groups in total. The number of aryl methyl sites for hydroxylation is 4. The Morgan fingerprint density at radius 1 is 1.10 bits per heavy atom. The number of hydrogen-bond donors (Lipinski definition) is 1. The third-order valence-electron chi connectivity index (χ3n) is 3.68. The number of benzene rings is 1. The van der Waals surface area contributed by atoms with E-state index in [-0.39, 0.29) is 6.04 Å². The van der Waals surface area contributed by atoms with Gasteiger partial charge >= 0.3 is 0 Å². The van der Waals surface area contributed by atoms with Crippen LogP contribution in [0.3, 0.4) is 0 Å². The minimum atomic E-state index is 0.0281. The second-order valence-corrected chi connectivity index (χ2v) is 5.53. The first-order chi connectivity index (χ1) is 9.53. The van der Waals surface area contributed by atoms with Crippen molar-refractivity contribution >= 4 is 0 Å². The van der Waals surface area contributed by atoms with E-state index < -0.39 is 0 Å². The molecule has 0 spiro atoms. The third kappa shape index (κ3) is 3.28. The van der Waals surface area contributed by atoms with E-state index in [1.54, 1.807) is 0 Å². The second kappa shape index (κ2) is 6.23. The summed E-state index contributed by atoms with van der Waals surface area (Å²) >= 11 is 0. The average Bonchev–Trinajstić information content (AvgIpc) is 2.79. The molecule has 20 heavy (non-hydrogen) atoms. The molecule has 0 fully saturated rings. The summed E-state index contributed by atoms with van der Waals surface area (Å²) in [6, 6.07) is 8.77. The van der Waals surface area contributed by atoms with Gasteiger partial charge in [-0.1, -0.05) is 36.2 Å². The minimum absolute atomic E-state index is 0.0281. The van der Waals surface area contributed by atoms with Gasteiger partial charge in [0.1, 0.15) is 0 Å². The van der Waals surface area contributed by atoms with E-state index >= 15 is 0 Å². The maximum Gasteiger partial charge on any atom is 0.0624 e. The van der Waals surface area contributed by atoms with Crippen molar-refractivity contribution in [3.8, 4) is 0 Å². The van der Waals surface area contributed by atoms with Crippen LogP contribution in [0.5, 0.6) is 0 Å². The van der Waals surface area contributed by atoms with Gasteiger partial charge in [-0.3, -0.25) is 4.68 Å². The molecule has 0 aliphatic rings. The molecule has 1 aromatic heterocycles. The Kier molecular flexibility index (Phi) is 4.61. The molecule has 0 amide bonds. The summed E-state index contributed by atoms with van der Waals surface area (Å²) in [6.07, 6.45) is 1.81. The summed E-state index contributed by atoms with van der Waals surface area (Å²) < 4.78 is 2.07. The van der Waals surface area contributed by atoms with Crippen LogP contribution in [0, 0.1) is 13.8 Å². The Morgan fingerprint density at radius 2 is 1.75 bits per heavy atom. The summed E-state index contributed by atoms with van der Waals surface area (Å²) in [6.45, 7) is 9.40.